The fourth-order valence-corrected chi connectivity index (χ4v) is 2.70. The Morgan fingerprint density at radius 3 is 2.80 bits per heavy atom. The highest BCUT2D eigenvalue weighted by Gasteiger charge is 2.18. The van der Waals surface area contributed by atoms with Crippen molar-refractivity contribution in [1.82, 2.24) is 15.5 Å². The number of aromatic amines is 1. The number of fused-ring (bicyclic) bond motifs is 1. The molecule has 0 spiro atoms. The molecule has 1 aliphatic rings. The second-order valence-corrected chi connectivity index (χ2v) is 5.90. The van der Waals surface area contributed by atoms with Crippen molar-refractivity contribution in [3.8, 4) is 0 Å². The van der Waals surface area contributed by atoms with E-state index in [4.69, 9.17) is 4.74 Å². The Balaban J connectivity index is 0.00000109. The first-order valence-electron chi connectivity index (χ1n) is 8.82. The molecule has 0 saturated carbocycles. The van der Waals surface area contributed by atoms with Crippen LogP contribution in [0.3, 0.4) is 0 Å². The molecule has 1 aromatic heterocycles. The third-order valence-corrected chi connectivity index (χ3v) is 3.90. The standard InChI is InChI=1S/C18H22N4O.C2H6/c1-12(2)11-20-18(19-3)14-4-5-16-15(10-14)17(22-21-16)13-6-8-23-9-7-13;1-2/h4-6,8,10-11,13H,7,9H2,1-3H3,(H,19,20)(H,21,22);1-2H3. The topological polar surface area (TPSA) is 62.3 Å². The van der Waals surface area contributed by atoms with Crippen molar-refractivity contribution >= 4 is 16.7 Å². The molecule has 2 N–H and O–H groups in total. The van der Waals surface area contributed by atoms with Crippen LogP contribution in [0.25, 0.3) is 10.9 Å². The monoisotopic (exact) mass is 340 g/mol. The van der Waals surface area contributed by atoms with Crippen molar-refractivity contribution in [3.63, 3.8) is 0 Å². The quantitative estimate of drug-likeness (QED) is 0.639. The van der Waals surface area contributed by atoms with E-state index in [0.717, 1.165) is 41.0 Å². The molecular formula is C20H28N4O. The molecule has 5 heteroatoms. The lowest BCUT2D eigenvalue weighted by molar-refractivity contribution is 0.222. The molecule has 0 radical (unpaired) electrons. The Morgan fingerprint density at radius 2 is 2.16 bits per heavy atom. The Morgan fingerprint density at radius 1 is 1.36 bits per heavy atom. The number of rotatable bonds is 3. The van der Waals surface area contributed by atoms with Gasteiger partial charge in [0.1, 0.15) is 5.84 Å². The van der Waals surface area contributed by atoms with Crippen LogP contribution >= 0.6 is 0 Å². The number of hydrogen-bond acceptors (Lipinski definition) is 3. The Bertz CT molecular complexity index is 782. The van der Waals surface area contributed by atoms with Gasteiger partial charge < -0.3 is 10.1 Å². The van der Waals surface area contributed by atoms with Gasteiger partial charge in [0.05, 0.1) is 24.1 Å². The minimum atomic E-state index is 0.316. The number of ether oxygens (including phenoxy) is 1. The molecule has 0 saturated heterocycles. The van der Waals surface area contributed by atoms with Gasteiger partial charge in [0, 0.05) is 30.1 Å². The van der Waals surface area contributed by atoms with E-state index in [2.05, 4.69) is 46.5 Å². The van der Waals surface area contributed by atoms with Crippen molar-refractivity contribution in [3.05, 3.63) is 53.6 Å². The zero-order valence-corrected chi connectivity index (χ0v) is 15.8. The molecule has 0 aliphatic carbocycles. The van der Waals surface area contributed by atoms with E-state index in [0.29, 0.717) is 5.92 Å². The largest absolute Gasteiger partial charge is 0.501 e. The number of aromatic nitrogens is 2. The van der Waals surface area contributed by atoms with E-state index in [9.17, 15) is 0 Å². The molecule has 5 nitrogen and oxygen atoms in total. The lowest BCUT2D eigenvalue weighted by atomic mass is 9.97. The average Bonchev–Trinajstić information content (AvgIpc) is 3.08. The third-order valence-electron chi connectivity index (χ3n) is 3.90. The van der Waals surface area contributed by atoms with Crippen molar-refractivity contribution in [2.75, 3.05) is 13.7 Å². The fourth-order valence-electron chi connectivity index (χ4n) is 2.70. The average molecular weight is 340 g/mol. The number of aliphatic imine (C=N–C) groups is 1. The molecule has 1 aliphatic heterocycles. The molecule has 1 aromatic carbocycles. The number of amidine groups is 1. The zero-order valence-electron chi connectivity index (χ0n) is 15.8. The Hall–Kier alpha value is -2.56. The second kappa shape index (κ2) is 9.06. The molecule has 0 fully saturated rings. The van der Waals surface area contributed by atoms with E-state index >= 15 is 0 Å². The first kappa shape index (κ1) is 18.8. The van der Waals surface area contributed by atoms with Gasteiger partial charge in [-0.25, -0.2) is 0 Å². The minimum absolute atomic E-state index is 0.316. The van der Waals surface area contributed by atoms with Gasteiger partial charge in [-0.05, 0) is 44.5 Å². The number of hydrogen-bond donors (Lipinski definition) is 2. The number of H-pyrrole nitrogens is 1. The van der Waals surface area contributed by atoms with Gasteiger partial charge in [-0.2, -0.15) is 5.10 Å². The summed E-state index contributed by atoms with van der Waals surface area (Å²) in [6, 6.07) is 6.22. The molecule has 0 bridgehead atoms. The summed E-state index contributed by atoms with van der Waals surface area (Å²) in [5.41, 5.74) is 4.36. The molecular weight excluding hydrogens is 312 g/mol. The summed E-state index contributed by atoms with van der Waals surface area (Å²) < 4.78 is 5.29. The maximum absolute atomic E-state index is 5.29. The van der Waals surface area contributed by atoms with Crippen molar-refractivity contribution < 1.29 is 4.74 Å². The Labute approximate surface area is 149 Å². The van der Waals surface area contributed by atoms with Gasteiger partial charge >= 0.3 is 0 Å². The van der Waals surface area contributed by atoms with Crippen molar-refractivity contribution in [2.45, 2.75) is 40.0 Å². The lowest BCUT2D eigenvalue weighted by Gasteiger charge is -2.16. The molecule has 2 heterocycles. The maximum Gasteiger partial charge on any atom is 0.132 e. The first-order valence-corrected chi connectivity index (χ1v) is 8.82. The van der Waals surface area contributed by atoms with Crippen molar-refractivity contribution in [1.29, 1.82) is 0 Å². The lowest BCUT2D eigenvalue weighted by Crippen LogP contribution is -2.19. The summed E-state index contributed by atoms with van der Waals surface area (Å²) in [7, 11) is 1.79. The van der Waals surface area contributed by atoms with Crippen LogP contribution in [0.1, 0.15) is 51.3 Å². The predicted molar refractivity (Wildman–Crippen MR) is 105 cm³/mol. The van der Waals surface area contributed by atoms with Crippen LogP contribution in [-0.2, 0) is 4.74 Å². The van der Waals surface area contributed by atoms with Crippen LogP contribution in [0, 0.1) is 0 Å². The summed E-state index contributed by atoms with van der Waals surface area (Å²) in [5, 5.41) is 12.0. The highest BCUT2D eigenvalue weighted by atomic mass is 16.5. The third kappa shape index (κ3) is 4.50. The van der Waals surface area contributed by atoms with Gasteiger partial charge in [0.2, 0.25) is 0 Å². The van der Waals surface area contributed by atoms with Gasteiger partial charge in [-0.15, -0.1) is 0 Å². The van der Waals surface area contributed by atoms with Crippen LogP contribution in [0.2, 0.25) is 0 Å². The van der Waals surface area contributed by atoms with Gasteiger partial charge in [0.15, 0.2) is 0 Å². The summed E-state index contributed by atoms with van der Waals surface area (Å²) in [6.45, 7) is 8.84. The molecule has 3 rings (SSSR count). The summed E-state index contributed by atoms with van der Waals surface area (Å²) in [4.78, 5) is 4.36. The van der Waals surface area contributed by atoms with Gasteiger partial charge in [-0.1, -0.05) is 19.4 Å². The normalized spacial score (nSPS) is 16.7. The molecule has 1 atom stereocenters. The molecule has 134 valence electrons. The minimum Gasteiger partial charge on any atom is -0.501 e. The molecule has 1 unspecified atom stereocenters. The van der Waals surface area contributed by atoms with Gasteiger partial charge in [-0.3, -0.25) is 10.1 Å². The highest BCUT2D eigenvalue weighted by Crippen LogP contribution is 2.29. The first-order chi connectivity index (χ1) is 12.2. The molecule has 0 amide bonds. The maximum atomic E-state index is 5.29. The number of allylic oxidation sites excluding steroid dienone is 2. The van der Waals surface area contributed by atoms with Crippen LogP contribution in [0.15, 0.2) is 47.3 Å². The van der Waals surface area contributed by atoms with Crippen LogP contribution in [0.4, 0.5) is 0 Å². The summed E-state index contributed by atoms with van der Waals surface area (Å²) in [6.07, 6.45) is 6.78. The van der Waals surface area contributed by atoms with E-state index in [1.807, 2.05) is 32.2 Å². The molecule has 25 heavy (non-hydrogen) atoms. The zero-order chi connectivity index (χ0) is 18.2. The van der Waals surface area contributed by atoms with Crippen LogP contribution in [-0.4, -0.2) is 29.7 Å². The van der Waals surface area contributed by atoms with E-state index < -0.39 is 0 Å². The smallest absolute Gasteiger partial charge is 0.132 e. The Kier molecular flexibility index (Phi) is 6.81. The SMILES string of the molecule is CC.CN=C(NC=C(C)C)c1ccc2n[nH]c(C3C=COCC3)c2c1. The van der Waals surface area contributed by atoms with Gasteiger partial charge in [0.25, 0.3) is 0 Å². The van der Waals surface area contributed by atoms with E-state index in [1.54, 1.807) is 13.3 Å². The fraction of sp³-hybridized carbons (Fsp3) is 0.400. The molecule has 2 aromatic rings. The second-order valence-electron chi connectivity index (χ2n) is 5.90. The number of nitrogens with one attached hydrogen (secondary N) is 2. The summed E-state index contributed by atoms with van der Waals surface area (Å²) in [5.74, 6) is 1.17. The van der Waals surface area contributed by atoms with Crippen molar-refractivity contribution in [2.24, 2.45) is 4.99 Å². The van der Waals surface area contributed by atoms with Crippen LogP contribution in [0.5, 0.6) is 0 Å². The summed E-state index contributed by atoms with van der Waals surface area (Å²) >= 11 is 0. The highest BCUT2D eigenvalue weighted by molar-refractivity contribution is 6.02. The van der Waals surface area contributed by atoms with Crippen LogP contribution < -0.4 is 5.32 Å². The number of nitrogens with zero attached hydrogens (tertiary/aromatic N) is 2. The predicted octanol–water partition coefficient (Wildman–Crippen LogP) is 4.50. The number of benzene rings is 1. The van der Waals surface area contributed by atoms with E-state index in [-0.39, 0.29) is 0 Å². The van der Waals surface area contributed by atoms with E-state index in [1.165, 1.54) is 5.57 Å².